The Hall–Kier alpha value is -3.53. The number of halogens is 1. The minimum absolute atomic E-state index is 0.108. The lowest BCUT2D eigenvalue weighted by Gasteiger charge is -2.20. The summed E-state index contributed by atoms with van der Waals surface area (Å²) >= 11 is 7.58. The highest BCUT2D eigenvalue weighted by atomic mass is 35.5. The molecule has 7 heteroatoms. The molecule has 3 aromatic rings. The van der Waals surface area contributed by atoms with E-state index in [0.717, 1.165) is 22.3 Å². The number of nitrogens with one attached hydrogen (secondary N) is 1. The van der Waals surface area contributed by atoms with E-state index in [-0.39, 0.29) is 11.5 Å². The van der Waals surface area contributed by atoms with Crippen LogP contribution in [0.3, 0.4) is 0 Å². The largest absolute Gasteiger partial charge is 0.321 e. The summed E-state index contributed by atoms with van der Waals surface area (Å²) in [6.07, 6.45) is 0.381. The van der Waals surface area contributed by atoms with Crippen molar-refractivity contribution in [2.75, 3.05) is 10.2 Å². The fourth-order valence-corrected chi connectivity index (χ4v) is 5.29. The molecule has 1 atom stereocenters. The van der Waals surface area contributed by atoms with Crippen LogP contribution < -0.4 is 10.2 Å². The van der Waals surface area contributed by atoms with E-state index in [1.807, 2.05) is 75.4 Å². The zero-order valence-corrected chi connectivity index (χ0v) is 21.2. The summed E-state index contributed by atoms with van der Waals surface area (Å²) in [5, 5.41) is 13.2. The number of hydrogen-bond donors (Lipinski definition) is 1. The Morgan fingerprint density at radius 3 is 2.43 bits per heavy atom. The lowest BCUT2D eigenvalue weighted by Crippen LogP contribution is -2.31. The minimum Gasteiger partial charge on any atom is -0.321 e. The van der Waals surface area contributed by atoms with Gasteiger partial charge in [-0.1, -0.05) is 65.3 Å². The van der Waals surface area contributed by atoms with Crippen LogP contribution in [-0.4, -0.2) is 17.1 Å². The van der Waals surface area contributed by atoms with Crippen molar-refractivity contribution >= 4 is 46.6 Å². The molecule has 5 nitrogen and oxygen atoms in total. The van der Waals surface area contributed by atoms with E-state index in [1.165, 1.54) is 16.7 Å². The maximum absolute atomic E-state index is 13.7. The van der Waals surface area contributed by atoms with Crippen molar-refractivity contribution in [1.29, 1.82) is 5.26 Å². The molecule has 1 heterocycles. The van der Waals surface area contributed by atoms with E-state index in [2.05, 4.69) is 5.32 Å². The van der Waals surface area contributed by atoms with E-state index in [9.17, 15) is 14.9 Å². The second-order valence-corrected chi connectivity index (χ2v) is 10.1. The van der Waals surface area contributed by atoms with Crippen molar-refractivity contribution in [2.24, 2.45) is 0 Å². The number of aryl methyl sites for hydroxylation is 3. The summed E-state index contributed by atoms with van der Waals surface area (Å²) in [6, 6.07) is 22.4. The van der Waals surface area contributed by atoms with Crippen LogP contribution in [0.4, 0.5) is 11.4 Å². The molecule has 0 saturated carbocycles. The molecule has 1 unspecified atom stereocenters. The van der Waals surface area contributed by atoms with Gasteiger partial charge in [-0.2, -0.15) is 5.26 Å². The number of hydrogen-bond acceptors (Lipinski definition) is 4. The summed E-state index contributed by atoms with van der Waals surface area (Å²) in [4.78, 5) is 28.3. The number of anilines is 2. The van der Waals surface area contributed by atoms with E-state index >= 15 is 0 Å². The van der Waals surface area contributed by atoms with Gasteiger partial charge in [0.15, 0.2) is 0 Å². The second-order valence-electron chi connectivity index (χ2n) is 8.46. The first-order valence-electron chi connectivity index (χ1n) is 11.1. The molecule has 1 saturated heterocycles. The molecule has 0 radical (unpaired) electrons. The first kappa shape index (κ1) is 24.6. The van der Waals surface area contributed by atoms with Crippen molar-refractivity contribution in [3.63, 3.8) is 0 Å². The van der Waals surface area contributed by atoms with E-state index < -0.39 is 11.2 Å². The van der Waals surface area contributed by atoms with Gasteiger partial charge in [0.25, 0.3) is 5.91 Å². The zero-order valence-electron chi connectivity index (χ0n) is 19.6. The molecule has 3 aromatic carbocycles. The predicted molar refractivity (Wildman–Crippen MR) is 142 cm³/mol. The first-order chi connectivity index (χ1) is 16.8. The summed E-state index contributed by atoms with van der Waals surface area (Å²) in [7, 11) is 0. The third-order valence-corrected chi connectivity index (χ3v) is 7.56. The highest BCUT2D eigenvalue weighted by molar-refractivity contribution is 8.05. The second kappa shape index (κ2) is 10.4. The monoisotopic (exact) mass is 501 g/mol. The van der Waals surface area contributed by atoms with E-state index in [0.29, 0.717) is 27.8 Å². The maximum atomic E-state index is 13.7. The van der Waals surface area contributed by atoms with Gasteiger partial charge in [-0.05, 0) is 74.2 Å². The van der Waals surface area contributed by atoms with Gasteiger partial charge >= 0.3 is 0 Å². The van der Waals surface area contributed by atoms with Gasteiger partial charge in [-0.15, -0.1) is 0 Å². The SMILES string of the molecule is Cc1ccc(NC(=O)C(C#N)=C2SC(Cc3ccccc3Cl)C(=O)N2c2ccc(C)c(C)c2)cc1. The fourth-order valence-electron chi connectivity index (χ4n) is 3.78. The number of nitriles is 1. The van der Waals surface area contributed by atoms with Crippen molar-refractivity contribution in [3.8, 4) is 6.07 Å². The number of rotatable bonds is 5. The number of nitrogens with zero attached hydrogens (tertiary/aromatic N) is 2. The van der Waals surface area contributed by atoms with Crippen LogP contribution in [0.2, 0.25) is 5.02 Å². The van der Waals surface area contributed by atoms with E-state index in [1.54, 1.807) is 18.2 Å². The summed E-state index contributed by atoms with van der Waals surface area (Å²) in [6.45, 7) is 5.91. The molecule has 0 spiro atoms. The Balaban J connectivity index is 1.75. The van der Waals surface area contributed by atoms with Crippen LogP contribution in [0.15, 0.2) is 77.3 Å². The Bertz CT molecular complexity index is 1380. The van der Waals surface area contributed by atoms with Gasteiger partial charge in [0, 0.05) is 16.4 Å². The molecule has 1 N–H and O–H groups in total. The molecule has 0 aromatic heterocycles. The Kier molecular flexibility index (Phi) is 7.30. The van der Waals surface area contributed by atoms with Crippen molar-refractivity contribution in [2.45, 2.75) is 32.4 Å². The lowest BCUT2D eigenvalue weighted by atomic mass is 10.1. The molecule has 0 bridgehead atoms. The van der Waals surface area contributed by atoms with Gasteiger partial charge in [0.1, 0.15) is 16.7 Å². The summed E-state index contributed by atoms with van der Waals surface area (Å²) < 4.78 is 0. The van der Waals surface area contributed by atoms with Crippen LogP contribution >= 0.6 is 23.4 Å². The van der Waals surface area contributed by atoms with Crippen LogP contribution in [-0.2, 0) is 16.0 Å². The lowest BCUT2D eigenvalue weighted by molar-refractivity contribution is -0.117. The molecule has 1 aliphatic rings. The third kappa shape index (κ3) is 5.27. The number of carbonyl (C=O) groups excluding carboxylic acids is 2. The predicted octanol–water partition coefficient (Wildman–Crippen LogP) is 6.33. The summed E-state index contributed by atoms with van der Waals surface area (Å²) in [5.74, 6) is -0.747. The fraction of sp³-hybridized carbons (Fsp3) is 0.179. The Labute approximate surface area is 214 Å². The highest BCUT2D eigenvalue weighted by Gasteiger charge is 2.41. The number of benzene rings is 3. The van der Waals surface area contributed by atoms with Crippen molar-refractivity contribution in [3.05, 3.63) is 105 Å². The normalized spacial score (nSPS) is 16.7. The van der Waals surface area contributed by atoms with E-state index in [4.69, 9.17) is 11.6 Å². The third-order valence-electron chi connectivity index (χ3n) is 5.93. The van der Waals surface area contributed by atoms with Gasteiger partial charge < -0.3 is 5.32 Å². The van der Waals surface area contributed by atoms with Gasteiger partial charge in [-0.25, -0.2) is 0 Å². The van der Waals surface area contributed by atoms with Gasteiger partial charge in [0.05, 0.1) is 5.25 Å². The number of amides is 2. The molecular weight excluding hydrogens is 478 g/mol. The standard InChI is InChI=1S/C28H24ClN3O2S/c1-17-8-11-21(12-9-17)31-26(33)23(16-30)28-32(22-13-10-18(2)19(3)14-22)27(34)25(35-28)15-20-6-4-5-7-24(20)29/h4-14,25H,15H2,1-3H3,(H,31,33). The average molecular weight is 502 g/mol. The number of thioether (sulfide) groups is 1. The molecule has 0 aliphatic carbocycles. The first-order valence-corrected chi connectivity index (χ1v) is 12.4. The Morgan fingerprint density at radius 2 is 1.77 bits per heavy atom. The van der Waals surface area contributed by atoms with Crippen LogP contribution in [0.1, 0.15) is 22.3 Å². The van der Waals surface area contributed by atoms with Crippen LogP contribution in [0, 0.1) is 32.1 Å². The molecule has 4 rings (SSSR count). The summed E-state index contributed by atoms with van der Waals surface area (Å²) in [5.41, 5.74) is 5.09. The molecule has 1 fully saturated rings. The number of carbonyl (C=O) groups is 2. The highest BCUT2D eigenvalue weighted by Crippen LogP contribution is 2.43. The minimum atomic E-state index is -0.557. The molecule has 2 amide bonds. The maximum Gasteiger partial charge on any atom is 0.269 e. The van der Waals surface area contributed by atoms with Crippen LogP contribution in [0.25, 0.3) is 0 Å². The molecular formula is C28H24ClN3O2S. The zero-order chi connectivity index (χ0) is 25.1. The smallest absolute Gasteiger partial charge is 0.269 e. The van der Waals surface area contributed by atoms with Gasteiger partial charge in [0.2, 0.25) is 5.91 Å². The van der Waals surface area contributed by atoms with Crippen molar-refractivity contribution in [1.82, 2.24) is 0 Å². The topological polar surface area (TPSA) is 73.2 Å². The average Bonchev–Trinajstić information content (AvgIpc) is 3.14. The van der Waals surface area contributed by atoms with Crippen molar-refractivity contribution < 1.29 is 9.59 Å². The quantitative estimate of drug-likeness (QED) is 0.327. The molecule has 35 heavy (non-hydrogen) atoms. The molecule has 1 aliphatic heterocycles. The van der Waals surface area contributed by atoms with Gasteiger partial charge in [-0.3, -0.25) is 14.5 Å². The molecule has 176 valence electrons. The van der Waals surface area contributed by atoms with Crippen LogP contribution in [0.5, 0.6) is 0 Å². The Morgan fingerprint density at radius 1 is 1.06 bits per heavy atom.